The van der Waals surface area contributed by atoms with Gasteiger partial charge in [0.2, 0.25) is 0 Å². The molecule has 4 heteroatoms. The molecule has 1 unspecified atom stereocenters. The highest BCUT2D eigenvalue weighted by Crippen LogP contribution is 2.17. The molecule has 13 heavy (non-hydrogen) atoms. The molecule has 1 saturated heterocycles. The van der Waals surface area contributed by atoms with E-state index in [-0.39, 0.29) is 11.6 Å². The van der Waals surface area contributed by atoms with Crippen molar-refractivity contribution in [2.24, 2.45) is 0 Å². The highest BCUT2D eigenvalue weighted by molar-refractivity contribution is 5.74. The Labute approximate surface area is 79.2 Å². The number of urea groups is 1. The van der Waals surface area contributed by atoms with Gasteiger partial charge in [-0.05, 0) is 20.3 Å². The van der Waals surface area contributed by atoms with Gasteiger partial charge >= 0.3 is 6.03 Å². The van der Waals surface area contributed by atoms with Crippen LogP contribution in [0.4, 0.5) is 4.79 Å². The maximum Gasteiger partial charge on any atom is 0.317 e. The molecule has 0 aromatic rings. The first kappa shape index (κ1) is 10.3. The molecule has 76 valence electrons. The fraction of sp³-hybridized carbons (Fsp3) is 0.889. The minimum atomic E-state index is -0.166. The number of nitrogens with one attached hydrogen (secondary N) is 1. The van der Waals surface area contributed by atoms with E-state index >= 15 is 0 Å². The van der Waals surface area contributed by atoms with Crippen LogP contribution in [0.1, 0.15) is 20.3 Å². The highest BCUT2D eigenvalue weighted by Gasteiger charge is 2.31. The van der Waals surface area contributed by atoms with Crippen molar-refractivity contribution >= 4 is 6.03 Å². The third-order valence-electron chi connectivity index (χ3n) is 2.45. The van der Waals surface area contributed by atoms with Crippen LogP contribution in [0.3, 0.4) is 0 Å². The average molecular weight is 186 g/mol. The summed E-state index contributed by atoms with van der Waals surface area (Å²) in [5.41, 5.74) is -0.166. The minimum absolute atomic E-state index is 0.0181. The van der Waals surface area contributed by atoms with E-state index in [0.29, 0.717) is 6.61 Å². The van der Waals surface area contributed by atoms with E-state index in [0.717, 1.165) is 19.6 Å². The predicted octanol–water partition coefficient (Wildman–Crippen LogP) is 0.827. The monoisotopic (exact) mass is 186 g/mol. The molecule has 0 aliphatic carbocycles. The summed E-state index contributed by atoms with van der Waals surface area (Å²) in [6.45, 7) is 6.06. The van der Waals surface area contributed by atoms with Gasteiger partial charge in [-0.15, -0.1) is 0 Å². The molecule has 1 atom stereocenters. The average Bonchev–Trinajstić information content (AvgIpc) is 2.50. The van der Waals surface area contributed by atoms with Gasteiger partial charge in [0.25, 0.3) is 0 Å². The lowest BCUT2D eigenvalue weighted by Gasteiger charge is -2.26. The summed E-state index contributed by atoms with van der Waals surface area (Å²) < 4.78 is 5.24. The van der Waals surface area contributed by atoms with Gasteiger partial charge in [-0.1, -0.05) is 0 Å². The molecule has 1 N–H and O–H groups in total. The van der Waals surface area contributed by atoms with Gasteiger partial charge < -0.3 is 15.0 Å². The maximum atomic E-state index is 11.5. The molecule has 0 radical (unpaired) electrons. The summed E-state index contributed by atoms with van der Waals surface area (Å²) in [5.74, 6) is 0. The Morgan fingerprint density at radius 1 is 1.69 bits per heavy atom. The molecular weight excluding hydrogens is 168 g/mol. The first-order valence-electron chi connectivity index (χ1n) is 4.68. The quantitative estimate of drug-likeness (QED) is 0.694. The first-order valence-corrected chi connectivity index (χ1v) is 4.68. The third kappa shape index (κ3) is 2.59. The second-order valence-corrected chi connectivity index (χ2v) is 3.81. The Morgan fingerprint density at radius 2 is 2.38 bits per heavy atom. The van der Waals surface area contributed by atoms with Crippen molar-refractivity contribution in [3.8, 4) is 0 Å². The molecule has 1 aliphatic heterocycles. The third-order valence-corrected chi connectivity index (χ3v) is 2.45. The lowest BCUT2D eigenvalue weighted by atomic mass is 10.0. The molecule has 0 aromatic heterocycles. The summed E-state index contributed by atoms with van der Waals surface area (Å²) >= 11 is 0. The fourth-order valence-electron chi connectivity index (χ4n) is 1.26. The number of hydrogen-bond donors (Lipinski definition) is 1. The number of carbonyl (C=O) groups excluding carboxylic acids is 1. The van der Waals surface area contributed by atoms with Crippen LogP contribution in [-0.2, 0) is 4.74 Å². The smallest absolute Gasteiger partial charge is 0.317 e. The van der Waals surface area contributed by atoms with Crippen LogP contribution >= 0.6 is 0 Å². The standard InChI is InChI=1S/C9H18N2O2/c1-4-11(3)8(12)10-9(2)5-6-13-7-9/h4-7H2,1-3H3,(H,10,12). The van der Waals surface area contributed by atoms with Crippen molar-refractivity contribution in [1.29, 1.82) is 0 Å². The van der Waals surface area contributed by atoms with Crippen molar-refractivity contribution < 1.29 is 9.53 Å². The van der Waals surface area contributed by atoms with Crippen LogP contribution in [0.25, 0.3) is 0 Å². The Morgan fingerprint density at radius 3 is 2.85 bits per heavy atom. The van der Waals surface area contributed by atoms with Gasteiger partial charge in [0.15, 0.2) is 0 Å². The molecule has 1 fully saturated rings. The Hall–Kier alpha value is -0.770. The topological polar surface area (TPSA) is 41.6 Å². The van der Waals surface area contributed by atoms with Crippen molar-refractivity contribution in [2.75, 3.05) is 26.8 Å². The van der Waals surface area contributed by atoms with E-state index in [9.17, 15) is 4.79 Å². The number of hydrogen-bond acceptors (Lipinski definition) is 2. The lowest BCUT2D eigenvalue weighted by Crippen LogP contribution is -2.51. The van der Waals surface area contributed by atoms with Crippen LogP contribution in [0, 0.1) is 0 Å². The summed E-state index contributed by atoms with van der Waals surface area (Å²) in [7, 11) is 1.79. The van der Waals surface area contributed by atoms with E-state index < -0.39 is 0 Å². The summed E-state index contributed by atoms with van der Waals surface area (Å²) in [6, 6.07) is -0.0181. The Kier molecular flexibility index (Phi) is 3.14. The Balaban J connectivity index is 2.43. The van der Waals surface area contributed by atoms with Crippen molar-refractivity contribution in [2.45, 2.75) is 25.8 Å². The van der Waals surface area contributed by atoms with E-state index in [2.05, 4.69) is 5.32 Å². The van der Waals surface area contributed by atoms with E-state index in [4.69, 9.17) is 4.74 Å². The summed E-state index contributed by atoms with van der Waals surface area (Å²) in [5, 5.41) is 2.97. The summed E-state index contributed by atoms with van der Waals surface area (Å²) in [6.07, 6.45) is 0.899. The van der Waals surface area contributed by atoms with Crippen molar-refractivity contribution in [3.05, 3.63) is 0 Å². The molecular formula is C9H18N2O2. The van der Waals surface area contributed by atoms with Gasteiger partial charge in [0.1, 0.15) is 0 Å². The molecule has 1 heterocycles. The molecule has 1 aliphatic rings. The zero-order chi connectivity index (χ0) is 9.90. The second-order valence-electron chi connectivity index (χ2n) is 3.81. The van der Waals surface area contributed by atoms with Crippen molar-refractivity contribution in [1.82, 2.24) is 10.2 Å². The van der Waals surface area contributed by atoms with Gasteiger partial charge in [-0.25, -0.2) is 4.79 Å². The predicted molar refractivity (Wildman–Crippen MR) is 50.7 cm³/mol. The molecule has 0 aromatic carbocycles. The minimum Gasteiger partial charge on any atom is -0.379 e. The maximum absolute atomic E-state index is 11.5. The van der Waals surface area contributed by atoms with Crippen LogP contribution in [0.15, 0.2) is 0 Å². The molecule has 0 spiro atoms. The summed E-state index contributed by atoms with van der Waals surface area (Å²) in [4.78, 5) is 13.2. The highest BCUT2D eigenvalue weighted by atomic mass is 16.5. The molecule has 1 rings (SSSR count). The second kappa shape index (κ2) is 3.96. The van der Waals surface area contributed by atoms with E-state index in [1.54, 1.807) is 11.9 Å². The van der Waals surface area contributed by atoms with Gasteiger partial charge in [0, 0.05) is 20.2 Å². The Bertz CT molecular complexity index is 188. The van der Waals surface area contributed by atoms with Crippen LogP contribution < -0.4 is 5.32 Å². The van der Waals surface area contributed by atoms with Crippen LogP contribution in [0.2, 0.25) is 0 Å². The normalized spacial score (nSPS) is 27.3. The largest absolute Gasteiger partial charge is 0.379 e. The lowest BCUT2D eigenvalue weighted by molar-refractivity contribution is 0.163. The fourth-order valence-corrected chi connectivity index (χ4v) is 1.26. The van der Waals surface area contributed by atoms with Crippen LogP contribution in [-0.4, -0.2) is 43.3 Å². The van der Waals surface area contributed by atoms with E-state index in [1.165, 1.54) is 0 Å². The number of nitrogens with zero attached hydrogens (tertiary/aromatic N) is 1. The van der Waals surface area contributed by atoms with Gasteiger partial charge in [-0.3, -0.25) is 0 Å². The number of ether oxygens (including phenoxy) is 1. The SMILES string of the molecule is CCN(C)C(=O)NC1(C)CCOC1. The number of carbonyl (C=O) groups is 1. The van der Waals surface area contributed by atoms with Gasteiger partial charge in [-0.2, -0.15) is 0 Å². The van der Waals surface area contributed by atoms with E-state index in [1.807, 2.05) is 13.8 Å². The zero-order valence-corrected chi connectivity index (χ0v) is 8.59. The zero-order valence-electron chi connectivity index (χ0n) is 8.59. The number of amides is 2. The molecule has 2 amide bonds. The number of rotatable bonds is 2. The van der Waals surface area contributed by atoms with Gasteiger partial charge in [0.05, 0.1) is 12.1 Å². The molecule has 0 saturated carbocycles. The molecule has 4 nitrogen and oxygen atoms in total. The van der Waals surface area contributed by atoms with Crippen molar-refractivity contribution in [3.63, 3.8) is 0 Å². The van der Waals surface area contributed by atoms with Crippen LogP contribution in [0.5, 0.6) is 0 Å². The molecule has 0 bridgehead atoms. The first-order chi connectivity index (χ1) is 6.07.